The molecule has 21 heteroatoms. The number of benzene rings is 8. The Morgan fingerprint density at radius 2 is 0.720 bits per heavy atom. The minimum Gasteiger partial charge on any atom is -0.477 e. The van der Waals surface area contributed by atoms with Gasteiger partial charge >= 0.3 is 35.3 Å². The summed E-state index contributed by atoms with van der Waals surface area (Å²) in [5.74, 6) is -1.94. The topological polar surface area (TPSA) is 213 Å². The van der Waals surface area contributed by atoms with Gasteiger partial charge in [0, 0.05) is 41.2 Å². The molecule has 0 atom stereocenters. The Balaban J connectivity index is 0.000000196. The fraction of sp³-hybridized carbons (Fsp3) is 0.215. The van der Waals surface area contributed by atoms with Crippen molar-refractivity contribution in [1.82, 2.24) is 19.9 Å². The van der Waals surface area contributed by atoms with Crippen LogP contribution in [0.4, 0.5) is 0 Å². The fourth-order valence-corrected chi connectivity index (χ4v) is 10.8. The van der Waals surface area contributed by atoms with Crippen molar-refractivity contribution in [3.63, 3.8) is 0 Å². The third-order valence-corrected chi connectivity index (χ3v) is 15.6. The molecule has 0 aliphatic carbocycles. The lowest BCUT2D eigenvalue weighted by Crippen LogP contribution is -2.05. The van der Waals surface area contributed by atoms with Crippen LogP contribution in [0.3, 0.4) is 0 Å². The fourth-order valence-electron chi connectivity index (χ4n) is 10.6. The number of aromatic nitrogens is 4. The Kier molecular flexibility index (Phi) is 33.6. The van der Waals surface area contributed by atoms with E-state index in [1.54, 1.807) is 39.0 Å². The van der Waals surface area contributed by atoms with Gasteiger partial charge in [-0.05, 0) is 193 Å². The molecule has 4 heterocycles. The Hall–Kier alpha value is -8.59. The first-order valence-electron chi connectivity index (χ1n) is 32.2. The van der Waals surface area contributed by atoms with E-state index >= 15 is 0 Å². The van der Waals surface area contributed by atoms with Crippen molar-refractivity contribution in [2.75, 3.05) is 25.2 Å². The van der Waals surface area contributed by atoms with Gasteiger partial charge in [0.2, 0.25) is 5.24 Å². The van der Waals surface area contributed by atoms with Crippen molar-refractivity contribution in [2.45, 2.75) is 87.0 Å². The maximum absolute atomic E-state index is 12.6. The zero-order valence-electron chi connectivity index (χ0n) is 56.6. The van der Waals surface area contributed by atoms with Crippen LogP contribution < -0.4 is 0 Å². The smallest absolute Gasteiger partial charge is 0.477 e. The molecule has 5 N–H and O–H groups in total. The molecule has 0 bridgehead atoms. The Morgan fingerprint density at radius 1 is 0.390 bits per heavy atom. The van der Waals surface area contributed by atoms with E-state index in [0.29, 0.717) is 61.0 Å². The van der Waals surface area contributed by atoms with Crippen LogP contribution in [0.2, 0.25) is 0 Å². The van der Waals surface area contributed by atoms with Gasteiger partial charge in [-0.3, -0.25) is 9.59 Å². The molecule has 0 aliphatic heterocycles. The minimum atomic E-state index is -1.72. The first-order valence-corrected chi connectivity index (χ1v) is 38.8. The molecule has 0 fully saturated rings. The number of nitrogens with one attached hydrogen (secondary N) is 4. The lowest BCUT2D eigenvalue weighted by atomic mass is 10.0. The molecule has 0 saturated carbocycles. The second-order valence-corrected chi connectivity index (χ2v) is 30.3. The van der Waals surface area contributed by atoms with Gasteiger partial charge in [0.1, 0.15) is 22.8 Å². The molecule has 0 unspecified atom stereocenters. The van der Waals surface area contributed by atoms with Gasteiger partial charge in [-0.25, -0.2) is 49.3 Å². The number of carbonyl (C=O) groups excluding carboxylic acids is 5. The van der Waals surface area contributed by atoms with E-state index in [4.69, 9.17) is 84.3 Å². The van der Waals surface area contributed by atoms with E-state index in [1.807, 2.05) is 137 Å². The van der Waals surface area contributed by atoms with Gasteiger partial charge in [0.25, 0.3) is 0 Å². The monoisotopic (exact) mass is 1480 g/mol. The van der Waals surface area contributed by atoms with Crippen LogP contribution in [-0.4, -0.2) is 96.5 Å². The Labute approximate surface area is 614 Å². The van der Waals surface area contributed by atoms with E-state index in [1.165, 1.54) is 43.6 Å². The predicted molar refractivity (Wildman–Crippen MR) is 410 cm³/mol. The van der Waals surface area contributed by atoms with E-state index in [0.717, 1.165) is 75.6 Å². The average Bonchev–Trinajstić information content (AvgIpc) is 1.43. The number of carboxylic acids is 1. The second-order valence-electron chi connectivity index (χ2n) is 22.6. The second kappa shape index (κ2) is 41.9. The van der Waals surface area contributed by atoms with Crippen molar-refractivity contribution in [3.8, 4) is 0 Å². The van der Waals surface area contributed by atoms with E-state index in [2.05, 4.69) is 92.7 Å². The molecule has 0 amide bonds. The number of ketones is 1. The van der Waals surface area contributed by atoms with Gasteiger partial charge in [-0.15, -0.1) is 23.2 Å². The van der Waals surface area contributed by atoms with E-state index in [9.17, 15) is 28.8 Å². The standard InChI is InChI=1S/C20H19NO3.C20H21NO2.C18H17NO2.C12H9ClO.C8H11NO2.CH2Cl2.Al.3ClH/c1-3-24-20(23)18-12-17(13(2)21-18)19(22)11-14-8-9-15-6-4-5-7-16(15)10-14;1-3-23-20(22)19-13-17(14(2)21-19)11-9-15-8-10-16-6-4-5-7-18(16)12-15;1-12-15(11-17(19-12)18(20)21)9-7-13-6-8-14-4-2-3-5-16(14)10-13;13-12(14)8-9-5-6-10-3-1-2-4-11(10)7-9;1-3-11-8(10)7-5-4-6(2)9-7;2-1-3;;;;/h4-10,12,21H,3,11H2,1-2H3;4-8,10,12-13,21H,3,9,11H2,1-2H3;2-6,8,10-11,19H,7,9H2,1H3,(H,20,21);1-7H,8H2;4-5,9H,3H2,1-2H3;1H2;;3*1H/q;;;;;;+3;;;/p-3. The number of aromatic carboxylic acids is 1. The van der Waals surface area contributed by atoms with Crippen molar-refractivity contribution >= 4 is 154 Å². The SMILES string of the molecule is CCOC(=O)c1cc(C(=O)Cc2ccc3ccccc3c2)c(C)[nH]1.CCOC(=O)c1cc(CCc2ccc3ccccc3c2)c(C)[nH]1.CCOC(=O)c1ccc(C)[nH]1.Cc1[nH]c(C(=O)O)cc1CCc1ccc2ccccc2c1.ClCCl.O=C(Cl)Cc1ccc2ccccc2c1.[Cl][Al]([Cl])[Cl]. The molecule has 0 spiro atoms. The number of H-pyrrole nitrogens is 4. The summed E-state index contributed by atoms with van der Waals surface area (Å²) in [6, 6.07) is 66.6. The van der Waals surface area contributed by atoms with Gasteiger partial charge in [-0.2, -0.15) is 0 Å². The number of ether oxygens (including phenoxy) is 3. The van der Waals surface area contributed by atoms with Crippen LogP contribution >= 0.6 is 65.0 Å². The van der Waals surface area contributed by atoms with Crippen LogP contribution in [0.5, 0.6) is 0 Å². The molecule has 14 nitrogen and oxygen atoms in total. The largest absolute Gasteiger partial charge is 0.643 e. The number of aryl methyl sites for hydroxylation is 8. The third-order valence-electron chi connectivity index (χ3n) is 15.4. The molecule has 0 saturated heterocycles. The first kappa shape index (κ1) is 80.4. The molecular formula is C79H79AlCl6N4O10. The van der Waals surface area contributed by atoms with Crippen LogP contribution in [0.15, 0.2) is 200 Å². The molecule has 12 rings (SSSR count). The number of hydrogen-bond acceptors (Lipinski definition) is 9. The van der Waals surface area contributed by atoms with Crippen LogP contribution in [0.25, 0.3) is 43.1 Å². The average molecular weight is 1480 g/mol. The zero-order valence-corrected chi connectivity index (χ0v) is 62.3. The summed E-state index contributed by atoms with van der Waals surface area (Å²) < 4.78 is 14.8. The molecule has 8 aromatic carbocycles. The highest BCUT2D eigenvalue weighted by Crippen LogP contribution is 2.24. The quantitative estimate of drug-likeness (QED) is 0.0137. The van der Waals surface area contributed by atoms with Gasteiger partial charge in [0.05, 0.1) is 25.2 Å². The summed E-state index contributed by atoms with van der Waals surface area (Å²) in [5.41, 5.74) is 12.5. The molecule has 100 heavy (non-hydrogen) atoms. The summed E-state index contributed by atoms with van der Waals surface area (Å²) in [7, 11) is 14.8. The number of rotatable bonds is 18. The number of fused-ring (bicyclic) bond motifs is 4. The zero-order chi connectivity index (χ0) is 72.7. The molecule has 4 aromatic heterocycles. The summed E-state index contributed by atoms with van der Waals surface area (Å²) in [6.45, 7) is 14.1. The first-order chi connectivity index (χ1) is 48.0. The maximum Gasteiger partial charge on any atom is 0.643 e. The molecule has 520 valence electrons. The van der Waals surface area contributed by atoms with E-state index in [-0.39, 0.29) is 34.0 Å². The number of carboxylic acid groups (broad SMARTS) is 1. The molecule has 0 radical (unpaired) electrons. The molecule has 0 aliphatic rings. The summed E-state index contributed by atoms with van der Waals surface area (Å²) in [5, 5.41) is 18.5. The number of hydrogen-bond donors (Lipinski definition) is 5. The van der Waals surface area contributed by atoms with Crippen molar-refractivity contribution in [2.24, 2.45) is 0 Å². The number of esters is 3. The van der Waals surface area contributed by atoms with Crippen LogP contribution in [-0.2, 0) is 57.5 Å². The number of aromatic amines is 4. The lowest BCUT2D eigenvalue weighted by molar-refractivity contribution is -0.111. The summed E-state index contributed by atoms with van der Waals surface area (Å²) >= 11 is 13.1. The van der Waals surface area contributed by atoms with Crippen LogP contribution in [0.1, 0.15) is 129 Å². The lowest BCUT2D eigenvalue weighted by Gasteiger charge is -2.04. The van der Waals surface area contributed by atoms with Gasteiger partial charge in [0.15, 0.2) is 5.78 Å². The van der Waals surface area contributed by atoms with Crippen molar-refractivity contribution in [1.29, 1.82) is 0 Å². The minimum absolute atomic E-state index is 0.0189. The van der Waals surface area contributed by atoms with Gasteiger partial charge in [-0.1, -0.05) is 170 Å². The number of Topliss-reactive ketones (excluding diaryl/α,β-unsaturated/α-hetero) is 1. The highest BCUT2D eigenvalue weighted by molar-refractivity contribution is 7.54. The third kappa shape index (κ3) is 26.2. The molecular weight excluding hydrogens is 1400 g/mol. The maximum atomic E-state index is 12.6. The summed E-state index contributed by atoms with van der Waals surface area (Å²) in [4.78, 5) is 80.7. The number of halogens is 6. The highest BCUT2D eigenvalue weighted by atomic mass is 35.8. The normalized spacial score (nSPS) is 10.3. The van der Waals surface area contributed by atoms with Crippen molar-refractivity contribution in [3.05, 3.63) is 285 Å². The van der Waals surface area contributed by atoms with Gasteiger partial charge < -0.3 is 39.3 Å². The van der Waals surface area contributed by atoms with Crippen LogP contribution in [0, 0.1) is 27.7 Å². The Morgan fingerprint density at radius 3 is 1.08 bits per heavy atom. The molecule has 12 aromatic rings. The Bertz CT molecular complexity index is 4670. The van der Waals surface area contributed by atoms with E-state index < -0.39 is 23.3 Å². The van der Waals surface area contributed by atoms with Crippen molar-refractivity contribution < 1.29 is 48.1 Å². The number of alkyl halides is 2. The summed E-state index contributed by atoms with van der Waals surface area (Å²) in [6.07, 6.45) is 4.20. The highest BCUT2D eigenvalue weighted by Gasteiger charge is 2.19. The predicted octanol–water partition coefficient (Wildman–Crippen LogP) is 20.2. The number of carbonyl (C=O) groups is 6.